The number of nitrogens with two attached hydrogens (primary N) is 1. The lowest BCUT2D eigenvalue weighted by molar-refractivity contribution is -0.127. The maximum atomic E-state index is 13.8. The number of nitrogens with zero attached hydrogens (tertiary/aromatic N) is 2. The van der Waals surface area contributed by atoms with Crippen LogP contribution in [0.1, 0.15) is 12.0 Å². The van der Waals surface area contributed by atoms with Crippen molar-refractivity contribution < 1.29 is 9.18 Å². The summed E-state index contributed by atoms with van der Waals surface area (Å²) in [6.45, 7) is 1.72. The van der Waals surface area contributed by atoms with Crippen LogP contribution < -0.4 is 10.6 Å². The highest BCUT2D eigenvalue weighted by molar-refractivity contribution is 7.80. The number of carbonyl (C=O) groups is 1. The van der Waals surface area contributed by atoms with Gasteiger partial charge in [-0.05, 0) is 24.6 Å². The summed E-state index contributed by atoms with van der Waals surface area (Å²) in [5, 5.41) is 0. The Labute approximate surface area is 117 Å². The smallest absolute Gasteiger partial charge is 0.241 e. The van der Waals surface area contributed by atoms with Crippen LogP contribution in [-0.2, 0) is 4.79 Å². The molecule has 0 unspecified atom stereocenters. The van der Waals surface area contributed by atoms with Crippen LogP contribution in [0.15, 0.2) is 18.2 Å². The highest BCUT2D eigenvalue weighted by atomic mass is 32.1. The van der Waals surface area contributed by atoms with Gasteiger partial charge in [-0.25, -0.2) is 4.39 Å². The molecule has 1 aliphatic rings. The highest BCUT2D eigenvalue weighted by Gasteiger charge is 2.20. The number of hydrogen-bond acceptors (Lipinski definition) is 3. The zero-order valence-corrected chi connectivity index (χ0v) is 11.5. The normalized spacial score (nSPS) is 16.4. The number of thiocarbonyl (C=S) groups is 1. The fourth-order valence-corrected chi connectivity index (χ4v) is 2.27. The molecule has 4 nitrogen and oxygen atoms in total. The molecule has 0 atom stereocenters. The minimum absolute atomic E-state index is 0.0377. The molecule has 6 heteroatoms. The molecule has 1 saturated heterocycles. The van der Waals surface area contributed by atoms with E-state index >= 15 is 0 Å². The predicted molar refractivity (Wildman–Crippen MR) is 76.8 cm³/mol. The predicted octanol–water partition coefficient (Wildman–Crippen LogP) is 1.13. The molecule has 0 radical (unpaired) electrons. The van der Waals surface area contributed by atoms with Gasteiger partial charge >= 0.3 is 0 Å². The number of halogens is 1. The van der Waals surface area contributed by atoms with Crippen molar-refractivity contribution in [3.63, 3.8) is 0 Å². The Morgan fingerprint density at radius 2 is 2.16 bits per heavy atom. The number of hydrogen-bond donors (Lipinski definition) is 1. The van der Waals surface area contributed by atoms with Crippen molar-refractivity contribution in [3.05, 3.63) is 29.6 Å². The number of amides is 1. The summed E-state index contributed by atoms with van der Waals surface area (Å²) in [7, 11) is 1.78. The van der Waals surface area contributed by atoms with E-state index in [2.05, 4.69) is 0 Å². The van der Waals surface area contributed by atoms with Crippen LogP contribution in [0.4, 0.5) is 10.1 Å². The quantitative estimate of drug-likeness (QED) is 0.826. The molecule has 2 N–H and O–H groups in total. The molecule has 102 valence electrons. The van der Waals surface area contributed by atoms with Gasteiger partial charge in [0.15, 0.2) is 0 Å². The maximum Gasteiger partial charge on any atom is 0.241 e. The van der Waals surface area contributed by atoms with Gasteiger partial charge in [-0.15, -0.1) is 0 Å². The average Bonchev–Trinajstić information content (AvgIpc) is 2.51. The fourth-order valence-electron chi connectivity index (χ4n) is 2.11. The first-order valence-corrected chi connectivity index (χ1v) is 6.48. The summed E-state index contributed by atoms with van der Waals surface area (Å²) in [5.74, 6) is -0.411. The molecule has 0 aliphatic carbocycles. The Hall–Kier alpha value is -1.69. The van der Waals surface area contributed by atoms with Crippen LogP contribution in [0.5, 0.6) is 0 Å². The highest BCUT2D eigenvalue weighted by Crippen LogP contribution is 2.20. The minimum atomic E-state index is -0.449. The summed E-state index contributed by atoms with van der Waals surface area (Å²) in [6.07, 6.45) is 0.862. The first-order valence-electron chi connectivity index (χ1n) is 6.07. The molecule has 1 heterocycles. The topological polar surface area (TPSA) is 49.6 Å². The molecule has 0 bridgehead atoms. The summed E-state index contributed by atoms with van der Waals surface area (Å²) in [6, 6.07) is 4.69. The van der Waals surface area contributed by atoms with Gasteiger partial charge in [0.2, 0.25) is 5.91 Å². The van der Waals surface area contributed by atoms with E-state index in [1.807, 2.05) is 4.90 Å². The lowest BCUT2D eigenvalue weighted by Gasteiger charge is -2.22. The van der Waals surface area contributed by atoms with Crippen LogP contribution in [-0.4, -0.2) is 42.5 Å². The Morgan fingerprint density at radius 3 is 2.79 bits per heavy atom. The Bertz CT molecular complexity index is 521. The van der Waals surface area contributed by atoms with Crippen molar-refractivity contribution in [1.82, 2.24) is 4.90 Å². The van der Waals surface area contributed by atoms with Crippen molar-refractivity contribution in [2.45, 2.75) is 6.42 Å². The van der Waals surface area contributed by atoms with E-state index in [4.69, 9.17) is 18.0 Å². The van der Waals surface area contributed by atoms with Gasteiger partial charge in [-0.3, -0.25) is 4.79 Å². The lowest BCUT2D eigenvalue weighted by atomic mass is 10.1. The summed E-state index contributed by atoms with van der Waals surface area (Å²) >= 11 is 4.77. The van der Waals surface area contributed by atoms with Crippen LogP contribution in [0.2, 0.25) is 0 Å². The van der Waals surface area contributed by atoms with Gasteiger partial charge < -0.3 is 15.5 Å². The van der Waals surface area contributed by atoms with Crippen molar-refractivity contribution >= 4 is 28.8 Å². The zero-order chi connectivity index (χ0) is 14.0. The third kappa shape index (κ3) is 3.01. The molecule has 0 aromatic heterocycles. The van der Waals surface area contributed by atoms with E-state index in [1.165, 1.54) is 6.07 Å². The van der Waals surface area contributed by atoms with Gasteiger partial charge in [0, 0.05) is 31.4 Å². The van der Waals surface area contributed by atoms with E-state index in [9.17, 15) is 9.18 Å². The van der Waals surface area contributed by atoms with E-state index in [-0.39, 0.29) is 23.0 Å². The SMILES string of the molecule is CN1CCCN(c2ccc(C(N)=S)c(F)c2)CC1=O. The van der Waals surface area contributed by atoms with Crippen molar-refractivity contribution in [2.24, 2.45) is 5.73 Å². The number of benzene rings is 1. The molecule has 1 aliphatic heterocycles. The molecule has 1 aromatic carbocycles. The maximum absolute atomic E-state index is 13.8. The molecule has 1 aromatic rings. The standard InChI is InChI=1S/C13H16FN3OS/c1-16-5-2-6-17(8-12(16)18)9-3-4-10(13(15)19)11(14)7-9/h3-4,7H,2,5-6,8H2,1H3,(H2,15,19). The zero-order valence-electron chi connectivity index (χ0n) is 10.7. The number of rotatable bonds is 2. The van der Waals surface area contributed by atoms with Crippen molar-refractivity contribution in [2.75, 3.05) is 31.6 Å². The lowest BCUT2D eigenvalue weighted by Crippen LogP contribution is -2.34. The van der Waals surface area contributed by atoms with Gasteiger partial charge in [0.05, 0.1) is 6.54 Å². The first kappa shape index (κ1) is 13.7. The molecule has 0 spiro atoms. The Kier molecular flexibility index (Phi) is 3.99. The third-order valence-corrected chi connectivity index (χ3v) is 3.48. The number of anilines is 1. The fraction of sp³-hybridized carbons (Fsp3) is 0.385. The monoisotopic (exact) mass is 281 g/mol. The molecule has 19 heavy (non-hydrogen) atoms. The van der Waals surface area contributed by atoms with Gasteiger partial charge in [0.25, 0.3) is 0 Å². The average molecular weight is 281 g/mol. The van der Waals surface area contributed by atoms with Crippen molar-refractivity contribution in [3.8, 4) is 0 Å². The minimum Gasteiger partial charge on any atom is -0.389 e. The van der Waals surface area contributed by atoms with Crippen LogP contribution in [0, 0.1) is 5.82 Å². The number of carbonyl (C=O) groups excluding carboxylic acids is 1. The van der Waals surface area contributed by atoms with E-state index in [0.717, 1.165) is 19.5 Å². The van der Waals surface area contributed by atoms with Crippen molar-refractivity contribution in [1.29, 1.82) is 0 Å². The summed E-state index contributed by atoms with van der Waals surface area (Å²) in [4.78, 5) is 15.4. The number of likely N-dealkylation sites (N-methyl/N-ethyl adjacent to an activating group) is 1. The Morgan fingerprint density at radius 1 is 1.42 bits per heavy atom. The second kappa shape index (κ2) is 5.52. The summed E-state index contributed by atoms with van der Waals surface area (Å²) in [5.41, 5.74) is 6.34. The van der Waals surface area contributed by atoms with Gasteiger partial charge in [-0.2, -0.15) is 0 Å². The molecule has 1 amide bonds. The van der Waals surface area contributed by atoms with Crippen LogP contribution in [0.25, 0.3) is 0 Å². The molecule has 2 rings (SSSR count). The van der Waals surface area contributed by atoms with E-state index < -0.39 is 5.82 Å². The second-order valence-electron chi connectivity index (χ2n) is 4.62. The molecular formula is C13H16FN3OS. The van der Waals surface area contributed by atoms with Crippen LogP contribution in [0.3, 0.4) is 0 Å². The Balaban J connectivity index is 2.24. The second-order valence-corrected chi connectivity index (χ2v) is 5.06. The van der Waals surface area contributed by atoms with E-state index in [1.54, 1.807) is 24.1 Å². The molecule has 0 saturated carbocycles. The largest absolute Gasteiger partial charge is 0.389 e. The van der Waals surface area contributed by atoms with Crippen LogP contribution >= 0.6 is 12.2 Å². The van der Waals surface area contributed by atoms with Gasteiger partial charge in [-0.1, -0.05) is 12.2 Å². The molecule has 1 fully saturated rings. The third-order valence-electron chi connectivity index (χ3n) is 3.26. The van der Waals surface area contributed by atoms with E-state index in [0.29, 0.717) is 5.69 Å². The summed E-state index contributed by atoms with van der Waals surface area (Å²) < 4.78 is 13.8. The molecular weight excluding hydrogens is 265 g/mol. The first-order chi connectivity index (χ1) is 8.99. The van der Waals surface area contributed by atoms with Gasteiger partial charge in [0.1, 0.15) is 10.8 Å².